The van der Waals surface area contributed by atoms with Crippen LogP contribution in [0.25, 0.3) is 0 Å². The summed E-state index contributed by atoms with van der Waals surface area (Å²) in [7, 11) is 0. The number of carbonyl (C=O) groups excluding carboxylic acids is 2. The number of aromatic nitrogens is 1. The Kier molecular flexibility index (Phi) is 5.45. The second-order valence-corrected chi connectivity index (χ2v) is 7.90. The van der Waals surface area contributed by atoms with Gasteiger partial charge in [0.05, 0.1) is 0 Å². The van der Waals surface area contributed by atoms with E-state index >= 15 is 0 Å². The van der Waals surface area contributed by atoms with E-state index in [0.717, 1.165) is 13.1 Å². The molecule has 2 amide bonds. The molecule has 7 heteroatoms. The lowest BCUT2D eigenvalue weighted by molar-refractivity contribution is -0.146. The summed E-state index contributed by atoms with van der Waals surface area (Å²) in [4.78, 5) is 29.7. The van der Waals surface area contributed by atoms with Crippen molar-refractivity contribution in [3.05, 3.63) is 41.2 Å². The zero-order valence-corrected chi connectivity index (χ0v) is 17.2. The van der Waals surface area contributed by atoms with Gasteiger partial charge in [0.2, 0.25) is 11.8 Å². The highest BCUT2D eigenvalue weighted by Crippen LogP contribution is 2.26. The summed E-state index contributed by atoms with van der Waals surface area (Å²) in [5.41, 5.74) is 2.56. The smallest absolute Gasteiger partial charge is 0.240 e. The summed E-state index contributed by atoms with van der Waals surface area (Å²) in [6.07, 6.45) is 0. The zero-order chi connectivity index (χ0) is 20.5. The van der Waals surface area contributed by atoms with Gasteiger partial charge in [-0.1, -0.05) is 17.3 Å². The molecule has 0 aliphatic carbocycles. The first-order valence-corrected chi connectivity index (χ1v) is 9.55. The lowest BCUT2D eigenvalue weighted by Gasteiger charge is -2.39. The molecule has 1 fully saturated rings. The molecular weight excluding hydrogens is 356 g/mol. The monoisotopic (exact) mass is 384 g/mol. The van der Waals surface area contributed by atoms with Crippen molar-refractivity contribution in [2.24, 2.45) is 5.41 Å². The number of carbonyl (C=O) groups is 2. The molecule has 1 N–H and O–H groups in total. The Hall–Kier alpha value is -2.83. The minimum atomic E-state index is -1.19. The molecule has 0 radical (unpaired) electrons. The predicted octanol–water partition coefficient (Wildman–Crippen LogP) is 2.91. The normalized spacial score (nSPS) is 14.9. The minimum absolute atomic E-state index is 0.175. The quantitative estimate of drug-likeness (QED) is 0.820. The number of piperazine rings is 1. The molecule has 0 bridgehead atoms. The van der Waals surface area contributed by atoms with Gasteiger partial charge in [0.1, 0.15) is 11.2 Å². The standard InChI is InChI=1S/C21H28N4O3/c1-14-7-6-8-17(16(14)3)24-9-11-25(12-10-24)20(27)21(4,5)19(26)22-18-13-15(2)28-23-18/h6-8,13H,9-12H2,1-5H3,(H,22,23,26). The lowest BCUT2D eigenvalue weighted by atomic mass is 9.90. The molecule has 1 aliphatic rings. The number of hydrogen-bond donors (Lipinski definition) is 1. The third-order valence-electron chi connectivity index (χ3n) is 5.46. The molecule has 0 atom stereocenters. The maximum absolute atomic E-state index is 13.0. The molecule has 3 rings (SSSR count). The predicted molar refractivity (Wildman–Crippen MR) is 108 cm³/mol. The molecule has 1 aliphatic heterocycles. The fraction of sp³-hybridized carbons (Fsp3) is 0.476. The van der Waals surface area contributed by atoms with Crippen LogP contribution in [0.1, 0.15) is 30.7 Å². The lowest BCUT2D eigenvalue weighted by Crippen LogP contribution is -2.54. The van der Waals surface area contributed by atoms with Gasteiger partial charge in [0, 0.05) is 37.9 Å². The molecule has 0 spiro atoms. The van der Waals surface area contributed by atoms with E-state index in [1.165, 1.54) is 16.8 Å². The van der Waals surface area contributed by atoms with Gasteiger partial charge in [0.15, 0.2) is 5.82 Å². The molecule has 1 saturated heterocycles. The van der Waals surface area contributed by atoms with E-state index in [9.17, 15) is 9.59 Å². The Morgan fingerprint density at radius 3 is 2.39 bits per heavy atom. The van der Waals surface area contributed by atoms with Crippen molar-refractivity contribution in [1.29, 1.82) is 0 Å². The Morgan fingerprint density at radius 1 is 1.11 bits per heavy atom. The van der Waals surface area contributed by atoms with Crippen LogP contribution in [0.5, 0.6) is 0 Å². The van der Waals surface area contributed by atoms with Crippen molar-refractivity contribution >= 4 is 23.3 Å². The highest BCUT2D eigenvalue weighted by molar-refractivity contribution is 6.09. The van der Waals surface area contributed by atoms with Crippen molar-refractivity contribution < 1.29 is 14.1 Å². The van der Waals surface area contributed by atoms with Crippen LogP contribution in [0.3, 0.4) is 0 Å². The zero-order valence-electron chi connectivity index (χ0n) is 17.2. The van der Waals surface area contributed by atoms with E-state index in [2.05, 4.69) is 47.4 Å². The van der Waals surface area contributed by atoms with Crippen LogP contribution in [-0.4, -0.2) is 48.0 Å². The second-order valence-electron chi connectivity index (χ2n) is 7.90. The van der Waals surface area contributed by atoms with Gasteiger partial charge in [-0.25, -0.2) is 0 Å². The molecule has 2 aromatic rings. The van der Waals surface area contributed by atoms with Gasteiger partial charge >= 0.3 is 0 Å². The fourth-order valence-electron chi connectivity index (χ4n) is 3.42. The number of amides is 2. The van der Waals surface area contributed by atoms with Crippen molar-refractivity contribution in [2.45, 2.75) is 34.6 Å². The van der Waals surface area contributed by atoms with Crippen LogP contribution in [0.2, 0.25) is 0 Å². The third-order valence-corrected chi connectivity index (χ3v) is 5.46. The molecule has 2 heterocycles. The first-order valence-electron chi connectivity index (χ1n) is 9.55. The Morgan fingerprint density at radius 2 is 1.79 bits per heavy atom. The maximum atomic E-state index is 13.0. The first-order chi connectivity index (χ1) is 13.2. The molecule has 0 saturated carbocycles. The average molecular weight is 384 g/mol. The Labute approximate surface area is 165 Å². The topological polar surface area (TPSA) is 78.7 Å². The number of nitrogens with one attached hydrogen (secondary N) is 1. The molecule has 1 aromatic heterocycles. The van der Waals surface area contributed by atoms with E-state index in [0.29, 0.717) is 24.7 Å². The van der Waals surface area contributed by atoms with E-state index in [1.807, 2.05) is 0 Å². The Bertz CT molecular complexity index is 880. The average Bonchev–Trinajstić information content (AvgIpc) is 3.08. The number of aryl methyl sites for hydroxylation is 2. The summed E-state index contributed by atoms with van der Waals surface area (Å²) in [6.45, 7) is 11.9. The van der Waals surface area contributed by atoms with Crippen molar-refractivity contribution in [1.82, 2.24) is 10.1 Å². The van der Waals surface area contributed by atoms with Gasteiger partial charge in [-0.15, -0.1) is 0 Å². The maximum Gasteiger partial charge on any atom is 0.240 e. The first kappa shape index (κ1) is 19.9. The van der Waals surface area contributed by atoms with Crippen LogP contribution in [0.15, 0.2) is 28.8 Å². The summed E-state index contributed by atoms with van der Waals surface area (Å²) in [6, 6.07) is 7.92. The number of benzene rings is 1. The largest absolute Gasteiger partial charge is 0.368 e. The molecule has 1 aromatic carbocycles. The van der Waals surface area contributed by atoms with Crippen LogP contribution in [0, 0.1) is 26.2 Å². The van der Waals surface area contributed by atoms with Gasteiger partial charge in [-0.3, -0.25) is 9.59 Å². The summed E-state index contributed by atoms with van der Waals surface area (Å²) in [5.74, 6) is 0.360. The SMILES string of the molecule is Cc1cc(NC(=O)C(C)(C)C(=O)N2CCN(c3cccc(C)c3C)CC2)no1. The highest BCUT2D eigenvalue weighted by Gasteiger charge is 2.40. The van der Waals surface area contributed by atoms with E-state index in [-0.39, 0.29) is 11.8 Å². The van der Waals surface area contributed by atoms with Crippen molar-refractivity contribution in [2.75, 3.05) is 36.4 Å². The fourth-order valence-corrected chi connectivity index (χ4v) is 3.42. The van der Waals surface area contributed by atoms with E-state index < -0.39 is 5.41 Å². The summed E-state index contributed by atoms with van der Waals surface area (Å²) < 4.78 is 4.96. The second kappa shape index (κ2) is 7.66. The van der Waals surface area contributed by atoms with Gasteiger partial charge in [-0.2, -0.15) is 0 Å². The molecule has 28 heavy (non-hydrogen) atoms. The molecular formula is C21H28N4O3. The number of rotatable bonds is 4. The Balaban J connectivity index is 1.63. The molecule has 150 valence electrons. The van der Waals surface area contributed by atoms with Crippen molar-refractivity contribution in [3.63, 3.8) is 0 Å². The summed E-state index contributed by atoms with van der Waals surface area (Å²) in [5, 5.41) is 6.43. The number of hydrogen-bond acceptors (Lipinski definition) is 5. The third kappa shape index (κ3) is 3.88. The van der Waals surface area contributed by atoms with Gasteiger partial charge in [-0.05, 0) is 51.8 Å². The molecule has 0 unspecified atom stereocenters. The summed E-state index contributed by atoms with van der Waals surface area (Å²) >= 11 is 0. The molecule has 7 nitrogen and oxygen atoms in total. The van der Waals surface area contributed by atoms with Crippen LogP contribution in [-0.2, 0) is 9.59 Å². The van der Waals surface area contributed by atoms with E-state index in [1.54, 1.807) is 31.7 Å². The minimum Gasteiger partial charge on any atom is -0.368 e. The number of nitrogens with zero attached hydrogens (tertiary/aromatic N) is 3. The van der Waals surface area contributed by atoms with Gasteiger partial charge in [0.25, 0.3) is 0 Å². The van der Waals surface area contributed by atoms with Crippen LogP contribution >= 0.6 is 0 Å². The van der Waals surface area contributed by atoms with Gasteiger partial charge < -0.3 is 19.6 Å². The highest BCUT2D eigenvalue weighted by atomic mass is 16.5. The van der Waals surface area contributed by atoms with Crippen molar-refractivity contribution in [3.8, 4) is 0 Å². The van der Waals surface area contributed by atoms with Crippen LogP contribution in [0.4, 0.5) is 11.5 Å². The van der Waals surface area contributed by atoms with E-state index in [4.69, 9.17) is 4.52 Å². The van der Waals surface area contributed by atoms with Crippen LogP contribution < -0.4 is 10.2 Å². The number of anilines is 2.